The Bertz CT molecular complexity index is 569. The number of amides is 1. The molecule has 0 aromatic heterocycles. The fourth-order valence-corrected chi connectivity index (χ4v) is 2.82. The molecule has 0 radical (unpaired) electrons. The molecule has 1 fully saturated rings. The van der Waals surface area contributed by atoms with Crippen molar-refractivity contribution < 1.29 is 18.0 Å². The predicted molar refractivity (Wildman–Crippen MR) is 82.5 cm³/mol. The molecule has 0 aliphatic carbocycles. The summed E-state index contributed by atoms with van der Waals surface area (Å²) in [5, 5.41) is 1.02. The second-order valence-electron chi connectivity index (χ2n) is 6.75. The average molecular weight is 328 g/mol. The third-order valence-electron chi connectivity index (χ3n) is 4.13. The SMILES string of the molecule is CCCCc1cccc([C@H](N2CC(C)(C)C(=O)N2)C(F)(F)F)c1. The van der Waals surface area contributed by atoms with Crippen molar-refractivity contribution in [1.82, 2.24) is 10.4 Å². The summed E-state index contributed by atoms with van der Waals surface area (Å²) in [5.74, 6) is -0.381. The Morgan fingerprint density at radius 2 is 2.04 bits per heavy atom. The standard InChI is InChI=1S/C17H23F3N2O/c1-4-5-7-12-8-6-9-13(10-12)14(17(18,19)20)22-11-16(2,3)15(23)21-22/h6,8-10,14H,4-5,7,11H2,1-3H3,(H,21,23)/t14-/m0/s1. The zero-order valence-corrected chi connectivity index (χ0v) is 13.7. The molecule has 2 rings (SSSR count). The first kappa shape index (κ1) is 17.8. The van der Waals surface area contributed by atoms with Crippen LogP contribution in [0.2, 0.25) is 0 Å². The molecule has 1 aliphatic rings. The Hall–Kier alpha value is -1.56. The van der Waals surface area contributed by atoms with Crippen LogP contribution in [-0.2, 0) is 11.2 Å². The number of benzene rings is 1. The van der Waals surface area contributed by atoms with Crippen LogP contribution in [0.25, 0.3) is 0 Å². The van der Waals surface area contributed by atoms with Gasteiger partial charge in [0.15, 0.2) is 0 Å². The monoisotopic (exact) mass is 328 g/mol. The number of nitrogens with zero attached hydrogens (tertiary/aromatic N) is 1. The number of carbonyl (C=O) groups excluding carboxylic acids is 1. The van der Waals surface area contributed by atoms with Gasteiger partial charge >= 0.3 is 6.18 Å². The second kappa shape index (κ2) is 6.51. The molecule has 0 bridgehead atoms. The van der Waals surface area contributed by atoms with E-state index >= 15 is 0 Å². The summed E-state index contributed by atoms with van der Waals surface area (Å²) >= 11 is 0. The largest absolute Gasteiger partial charge is 0.409 e. The molecule has 1 aromatic carbocycles. The maximum absolute atomic E-state index is 13.6. The Kier molecular flexibility index (Phi) is 5.04. The molecule has 1 atom stereocenters. The number of rotatable bonds is 5. The number of nitrogens with one attached hydrogen (secondary N) is 1. The summed E-state index contributed by atoms with van der Waals surface area (Å²) in [7, 11) is 0. The van der Waals surface area contributed by atoms with Crippen LogP contribution in [0.5, 0.6) is 0 Å². The van der Waals surface area contributed by atoms with Gasteiger partial charge in [-0.2, -0.15) is 13.2 Å². The summed E-state index contributed by atoms with van der Waals surface area (Å²) < 4.78 is 40.9. The van der Waals surface area contributed by atoms with Crippen molar-refractivity contribution in [3.63, 3.8) is 0 Å². The summed E-state index contributed by atoms with van der Waals surface area (Å²) in [4.78, 5) is 11.9. The van der Waals surface area contributed by atoms with E-state index in [1.54, 1.807) is 26.0 Å². The van der Waals surface area contributed by atoms with E-state index in [9.17, 15) is 18.0 Å². The molecule has 1 N–H and O–H groups in total. The molecule has 0 saturated carbocycles. The molecule has 0 spiro atoms. The van der Waals surface area contributed by atoms with E-state index in [0.29, 0.717) is 0 Å². The summed E-state index contributed by atoms with van der Waals surface area (Å²) in [6.07, 6.45) is -1.78. The highest BCUT2D eigenvalue weighted by Gasteiger charge is 2.51. The number of halogens is 3. The summed E-state index contributed by atoms with van der Waals surface area (Å²) in [6, 6.07) is 4.76. The van der Waals surface area contributed by atoms with Crippen LogP contribution in [0.4, 0.5) is 13.2 Å². The maximum atomic E-state index is 13.6. The zero-order valence-electron chi connectivity index (χ0n) is 13.7. The van der Waals surface area contributed by atoms with Gasteiger partial charge in [0.1, 0.15) is 6.04 Å². The molecule has 23 heavy (non-hydrogen) atoms. The lowest BCUT2D eigenvalue weighted by molar-refractivity contribution is -0.191. The number of alkyl halides is 3. The van der Waals surface area contributed by atoms with Crippen molar-refractivity contribution in [2.24, 2.45) is 5.41 Å². The van der Waals surface area contributed by atoms with Gasteiger partial charge in [-0.05, 0) is 37.8 Å². The third-order valence-corrected chi connectivity index (χ3v) is 4.13. The first-order valence-electron chi connectivity index (χ1n) is 7.88. The van der Waals surface area contributed by atoms with E-state index < -0.39 is 17.6 Å². The van der Waals surface area contributed by atoms with Crippen LogP contribution >= 0.6 is 0 Å². The molecule has 6 heteroatoms. The van der Waals surface area contributed by atoms with E-state index in [1.807, 2.05) is 13.0 Å². The number of hydrogen-bond donors (Lipinski definition) is 1. The van der Waals surface area contributed by atoms with Crippen LogP contribution in [0.3, 0.4) is 0 Å². The van der Waals surface area contributed by atoms with Gasteiger partial charge in [0.05, 0.1) is 5.41 Å². The van der Waals surface area contributed by atoms with Gasteiger partial charge < -0.3 is 0 Å². The van der Waals surface area contributed by atoms with Crippen LogP contribution < -0.4 is 5.43 Å². The lowest BCUT2D eigenvalue weighted by atomic mass is 9.93. The van der Waals surface area contributed by atoms with E-state index in [2.05, 4.69) is 5.43 Å². The first-order chi connectivity index (χ1) is 10.6. The Balaban J connectivity index is 2.32. The van der Waals surface area contributed by atoms with Crippen molar-refractivity contribution in [3.05, 3.63) is 35.4 Å². The van der Waals surface area contributed by atoms with Gasteiger partial charge in [-0.1, -0.05) is 37.6 Å². The smallest absolute Gasteiger partial charge is 0.287 e. The molecular weight excluding hydrogens is 305 g/mol. The van der Waals surface area contributed by atoms with E-state index in [4.69, 9.17) is 0 Å². The average Bonchev–Trinajstić information content (AvgIpc) is 2.69. The number of carbonyl (C=O) groups is 1. The molecule has 1 aromatic rings. The van der Waals surface area contributed by atoms with Crippen LogP contribution in [0.1, 0.15) is 50.8 Å². The lowest BCUT2D eigenvalue weighted by Gasteiger charge is -2.30. The topological polar surface area (TPSA) is 32.3 Å². The van der Waals surface area contributed by atoms with Crippen LogP contribution in [0.15, 0.2) is 24.3 Å². The molecule has 1 aliphatic heterocycles. The molecular formula is C17H23F3N2O. The minimum Gasteiger partial charge on any atom is -0.287 e. The van der Waals surface area contributed by atoms with E-state index in [1.165, 1.54) is 6.07 Å². The maximum Gasteiger partial charge on any atom is 0.409 e. The normalized spacial score (nSPS) is 19.7. The first-order valence-corrected chi connectivity index (χ1v) is 7.88. The van der Waals surface area contributed by atoms with Crippen LogP contribution in [0, 0.1) is 5.41 Å². The summed E-state index contributed by atoms with van der Waals surface area (Å²) in [6.45, 7) is 5.36. The van der Waals surface area contributed by atoms with Crippen molar-refractivity contribution in [3.8, 4) is 0 Å². The Morgan fingerprint density at radius 1 is 1.35 bits per heavy atom. The minimum absolute atomic E-state index is 0.0230. The lowest BCUT2D eigenvalue weighted by Crippen LogP contribution is -2.43. The highest BCUT2D eigenvalue weighted by atomic mass is 19.4. The molecule has 1 amide bonds. The highest BCUT2D eigenvalue weighted by molar-refractivity contribution is 5.83. The summed E-state index contributed by atoms with van der Waals surface area (Å²) in [5.41, 5.74) is 2.62. The molecule has 1 heterocycles. The molecule has 1 saturated heterocycles. The van der Waals surface area contributed by atoms with Gasteiger partial charge in [0.25, 0.3) is 0 Å². The predicted octanol–water partition coefficient (Wildman–Crippen LogP) is 4.01. The number of hydrazine groups is 1. The molecule has 0 unspecified atom stereocenters. The Morgan fingerprint density at radius 3 is 2.57 bits per heavy atom. The minimum atomic E-state index is -4.46. The highest BCUT2D eigenvalue weighted by Crippen LogP contribution is 2.40. The number of aryl methyl sites for hydroxylation is 1. The van der Waals surface area contributed by atoms with Gasteiger partial charge in [-0.25, -0.2) is 5.01 Å². The van der Waals surface area contributed by atoms with Gasteiger partial charge in [0.2, 0.25) is 5.91 Å². The van der Waals surface area contributed by atoms with Crippen LogP contribution in [-0.4, -0.2) is 23.6 Å². The van der Waals surface area contributed by atoms with Gasteiger partial charge in [-0.15, -0.1) is 0 Å². The number of unbranched alkanes of at least 4 members (excludes halogenated alkanes) is 1. The third kappa shape index (κ3) is 4.05. The quantitative estimate of drug-likeness (QED) is 0.886. The van der Waals surface area contributed by atoms with Gasteiger partial charge in [0, 0.05) is 6.54 Å². The fraction of sp³-hybridized carbons (Fsp3) is 0.588. The van der Waals surface area contributed by atoms with E-state index in [-0.39, 0.29) is 18.0 Å². The van der Waals surface area contributed by atoms with Crippen molar-refractivity contribution >= 4 is 5.91 Å². The van der Waals surface area contributed by atoms with Gasteiger partial charge in [-0.3, -0.25) is 10.2 Å². The van der Waals surface area contributed by atoms with Crippen molar-refractivity contribution in [1.29, 1.82) is 0 Å². The zero-order chi connectivity index (χ0) is 17.3. The second-order valence-corrected chi connectivity index (χ2v) is 6.75. The fourth-order valence-electron chi connectivity index (χ4n) is 2.82. The number of hydrogen-bond acceptors (Lipinski definition) is 2. The molecule has 128 valence electrons. The van der Waals surface area contributed by atoms with E-state index in [0.717, 1.165) is 29.8 Å². The Labute approximate surface area is 134 Å². The van der Waals surface area contributed by atoms with Crippen molar-refractivity contribution in [2.75, 3.05) is 6.54 Å². The molecule has 3 nitrogen and oxygen atoms in total. The van der Waals surface area contributed by atoms with Crippen molar-refractivity contribution in [2.45, 2.75) is 52.3 Å².